The van der Waals surface area contributed by atoms with Crippen LogP contribution in [-0.2, 0) is 90.5 Å². The Labute approximate surface area is 531 Å². The molecule has 0 aromatic heterocycles. The number of rotatable bonds is 1. The Morgan fingerprint density at radius 2 is 1.03 bits per heavy atom. The maximum atomic E-state index is 11.6. The number of nitrogens with zero attached hydrogens (tertiary/aromatic N) is 2. The van der Waals surface area contributed by atoms with Crippen molar-refractivity contribution in [3.63, 3.8) is 0 Å². The van der Waals surface area contributed by atoms with E-state index in [1.165, 1.54) is 32.8 Å². The van der Waals surface area contributed by atoms with Crippen LogP contribution in [-0.4, -0.2) is 135 Å². The van der Waals surface area contributed by atoms with Crippen LogP contribution in [0.2, 0.25) is 0 Å². The Hall–Kier alpha value is -5.38. The predicted molar refractivity (Wildman–Crippen MR) is 310 cm³/mol. The van der Waals surface area contributed by atoms with E-state index < -0.39 is 11.8 Å². The fourth-order valence-electron chi connectivity index (χ4n) is 23.6. The Morgan fingerprint density at radius 3 is 1.69 bits per heavy atom. The summed E-state index contributed by atoms with van der Waals surface area (Å²) in [5.41, 5.74) is 0.0778. The molecule has 21 heteroatoms. The molecule has 494 valence electrons. The molecule has 0 N–H and O–H groups in total. The van der Waals surface area contributed by atoms with Gasteiger partial charge in [0.1, 0.15) is 60.7 Å². The van der Waals surface area contributed by atoms with Crippen molar-refractivity contribution in [2.45, 2.75) is 188 Å². The van der Waals surface area contributed by atoms with Crippen molar-refractivity contribution in [1.82, 2.24) is 0 Å². The SMILES string of the molecule is CC1(C)C2CC3C(=O)OC1C3C2.CC1(C)C2CC3C(=O)OC1C3O2.CC1(C)C2OC3C(C(=O)OC31)C2C#N.CC1C(C)C2CC1C1COC(=O)C21.CC1C2CC3C1OC(=O)C3C2C#N.CC1CC2CC1C1COC(=O)C21.COC(=O)C1C2OC3C(OC(=O)C31)C2C. The maximum Gasteiger partial charge on any atom is 0.313 e. The first kappa shape index (κ1) is 61.8. The van der Waals surface area contributed by atoms with Crippen molar-refractivity contribution in [2.75, 3.05) is 20.3 Å². The molecule has 21 fully saturated rings. The van der Waals surface area contributed by atoms with Crippen LogP contribution in [0.5, 0.6) is 0 Å². The summed E-state index contributed by atoms with van der Waals surface area (Å²) in [4.78, 5) is 91.5. The quantitative estimate of drug-likeness (QED) is 0.197. The van der Waals surface area contributed by atoms with Gasteiger partial charge in [-0.3, -0.25) is 38.4 Å². The Morgan fingerprint density at radius 1 is 0.429 bits per heavy atom. The van der Waals surface area contributed by atoms with Gasteiger partial charge in [0.15, 0.2) is 0 Å². The van der Waals surface area contributed by atoms with Gasteiger partial charge in [0.2, 0.25) is 0 Å². The lowest BCUT2D eigenvalue weighted by Crippen LogP contribution is -2.43. The van der Waals surface area contributed by atoms with E-state index in [9.17, 15) is 38.4 Å². The van der Waals surface area contributed by atoms with Gasteiger partial charge < -0.3 is 52.1 Å². The third-order valence-corrected chi connectivity index (χ3v) is 28.7. The number of fused-ring (bicyclic) bond motifs is 15. The molecule has 14 bridgehead atoms. The number of methoxy groups -OCH3 is 1. The highest BCUT2D eigenvalue weighted by molar-refractivity contribution is 5.86. The molecular weight excluding hydrogens is 1170 g/mol. The van der Waals surface area contributed by atoms with Crippen LogP contribution >= 0.6 is 0 Å². The zero-order valence-electron chi connectivity index (χ0n) is 54.3. The van der Waals surface area contributed by atoms with Gasteiger partial charge in [0.05, 0.1) is 98.1 Å². The number of hydrogen-bond donors (Lipinski definition) is 0. The Bertz CT molecular complexity index is 3130. The normalized spacial score (nSPS) is 54.0. The molecule has 21 rings (SSSR count). The summed E-state index contributed by atoms with van der Waals surface area (Å²) in [6, 6.07) is 4.47. The van der Waals surface area contributed by atoms with Crippen molar-refractivity contribution >= 4 is 47.8 Å². The summed E-state index contributed by atoms with van der Waals surface area (Å²) in [6.07, 6.45) is 7.70. The second kappa shape index (κ2) is 21.3. The fourth-order valence-corrected chi connectivity index (χ4v) is 23.6. The minimum Gasteiger partial charge on any atom is -0.469 e. The molecule has 0 aromatic carbocycles. The highest BCUT2D eigenvalue weighted by Crippen LogP contribution is 2.65. The van der Waals surface area contributed by atoms with Gasteiger partial charge in [-0.1, -0.05) is 76.2 Å². The molecule has 8 saturated carbocycles. The standard InChI is InChI=1S/C11H16O2.C10H11NO3.C10H11NO2.C10H12O5.2C10H14O2.C9H12O3/c1-5-6(2)8-3-7(5)9-4-13-11(12)10(8)9;1-10(2)7-4(3-11)5-6(13-7)8(10)14-9(5)12;1-4-5-2-6-8(7(5)3-11)10(12)13-9(4)6;1-3-6-4(9(11)13-2)5-8(14-6)7(3)15-10(5)12;1-10(2)5-3-6-7(4-5)9(11)12-8(6)10;1-5-2-6-3-7(5)8-4-12-10(11)9(6)8;1-9(2)5-3-4-6(11-5)7(9)12-8(4)10/h5-10H,3-4H2,1-2H3;4-8H,1-2H3;4-9H,2H2,1H3;3-8H,1-2H3;5-8H,3-4H2,1-2H3;5-9H,2-4H2,1H3;4-7H,3H2,1-2H3. The number of hydrogen-bond acceptors (Lipinski definition) is 21. The number of esters is 8. The highest BCUT2D eigenvalue weighted by atomic mass is 16.6. The monoisotopic (exact) mass is 1260 g/mol. The van der Waals surface area contributed by atoms with Crippen LogP contribution < -0.4 is 0 Å². The zero-order chi connectivity index (χ0) is 64.5. The molecule has 13 heterocycles. The molecule has 91 heavy (non-hydrogen) atoms. The van der Waals surface area contributed by atoms with Crippen molar-refractivity contribution in [3.05, 3.63) is 0 Å². The second-order valence-corrected chi connectivity index (χ2v) is 33.3. The van der Waals surface area contributed by atoms with E-state index in [2.05, 4.69) is 67.5 Å². The van der Waals surface area contributed by atoms with Gasteiger partial charge in [-0.2, -0.15) is 10.5 Å². The summed E-state index contributed by atoms with van der Waals surface area (Å²) < 4.78 is 58.5. The maximum absolute atomic E-state index is 11.6. The van der Waals surface area contributed by atoms with Crippen molar-refractivity contribution in [1.29, 1.82) is 10.5 Å². The highest BCUT2D eigenvalue weighted by Gasteiger charge is 2.74. The van der Waals surface area contributed by atoms with Crippen LogP contribution in [0.3, 0.4) is 0 Å². The lowest BCUT2D eigenvalue weighted by atomic mass is 9.67. The van der Waals surface area contributed by atoms with Crippen molar-refractivity contribution in [2.24, 2.45) is 164 Å². The van der Waals surface area contributed by atoms with E-state index in [0.717, 1.165) is 61.4 Å². The Balaban J connectivity index is 0.0000000884. The number of nitriles is 2. The number of ether oxygens (including phenoxy) is 11. The molecular formula is C70H90N2O19. The molecule has 21 nitrogen and oxygen atoms in total. The second-order valence-electron chi connectivity index (χ2n) is 33.3. The first-order valence-corrected chi connectivity index (χ1v) is 34.3. The molecule has 21 aliphatic rings. The Kier molecular flexibility index (Phi) is 14.5. The summed E-state index contributed by atoms with van der Waals surface area (Å²) in [5.74, 6) is 7.35. The number of carbonyl (C=O) groups is 8. The summed E-state index contributed by atoms with van der Waals surface area (Å²) in [5, 5.41) is 18.0. The smallest absolute Gasteiger partial charge is 0.313 e. The van der Waals surface area contributed by atoms with Crippen LogP contribution in [0.4, 0.5) is 0 Å². The molecule has 0 radical (unpaired) electrons. The molecule has 0 aromatic rings. The zero-order valence-corrected chi connectivity index (χ0v) is 54.3. The van der Waals surface area contributed by atoms with Crippen LogP contribution in [0.1, 0.15) is 121 Å². The minimum atomic E-state index is -0.471. The lowest BCUT2D eigenvalue weighted by Gasteiger charge is -2.32. The van der Waals surface area contributed by atoms with E-state index >= 15 is 0 Å². The third-order valence-electron chi connectivity index (χ3n) is 28.7. The molecule has 0 spiro atoms. The van der Waals surface area contributed by atoms with Gasteiger partial charge in [-0.15, -0.1) is 0 Å². The summed E-state index contributed by atoms with van der Waals surface area (Å²) in [6.45, 7) is 25.2. The molecule has 13 saturated heterocycles. The average Bonchev–Trinajstić information content (AvgIpc) is 1.57. The van der Waals surface area contributed by atoms with Gasteiger partial charge in [0, 0.05) is 45.8 Å². The molecule has 36 unspecified atom stereocenters. The van der Waals surface area contributed by atoms with Gasteiger partial charge in [0.25, 0.3) is 0 Å². The minimum absolute atomic E-state index is 0.0220. The summed E-state index contributed by atoms with van der Waals surface area (Å²) >= 11 is 0. The van der Waals surface area contributed by atoms with Crippen molar-refractivity contribution < 1.29 is 90.5 Å². The van der Waals surface area contributed by atoms with E-state index in [1.54, 1.807) is 0 Å². The van der Waals surface area contributed by atoms with Gasteiger partial charge in [-0.05, 0) is 104 Å². The largest absolute Gasteiger partial charge is 0.469 e. The van der Waals surface area contributed by atoms with E-state index in [1.807, 2.05) is 20.8 Å². The third kappa shape index (κ3) is 8.64. The van der Waals surface area contributed by atoms with Crippen LogP contribution in [0.25, 0.3) is 0 Å². The first-order chi connectivity index (χ1) is 43.1. The van der Waals surface area contributed by atoms with Crippen LogP contribution in [0, 0.1) is 187 Å². The molecule has 0 amide bonds. The molecule has 13 aliphatic heterocycles. The summed E-state index contributed by atoms with van der Waals surface area (Å²) in [7, 11) is 1.33. The molecule has 8 aliphatic carbocycles. The van der Waals surface area contributed by atoms with E-state index in [-0.39, 0.29) is 178 Å². The first-order valence-electron chi connectivity index (χ1n) is 34.3. The fraction of sp³-hybridized carbons (Fsp3) is 0.857. The lowest BCUT2D eigenvalue weighted by molar-refractivity contribution is -0.153. The molecule has 36 atom stereocenters. The van der Waals surface area contributed by atoms with E-state index in [4.69, 9.17) is 62.6 Å². The van der Waals surface area contributed by atoms with Gasteiger partial charge in [-0.25, -0.2) is 0 Å². The average molecular weight is 1260 g/mol. The number of cyclic esters (lactones) is 2. The van der Waals surface area contributed by atoms with Crippen LogP contribution in [0.15, 0.2) is 0 Å². The van der Waals surface area contributed by atoms with Crippen molar-refractivity contribution in [3.8, 4) is 12.1 Å². The number of carbonyl (C=O) groups excluding carboxylic acids is 8. The van der Waals surface area contributed by atoms with E-state index in [0.29, 0.717) is 59.9 Å². The predicted octanol–water partition coefficient (Wildman–Crippen LogP) is 6.63. The van der Waals surface area contributed by atoms with Gasteiger partial charge >= 0.3 is 47.8 Å². The topological polar surface area (TPSA) is 286 Å².